The fourth-order valence-electron chi connectivity index (χ4n) is 3.01. The molecule has 1 aromatic carbocycles. The van der Waals surface area contributed by atoms with E-state index in [0.717, 1.165) is 18.2 Å². The largest absolute Gasteiger partial charge is 0.465 e. The zero-order chi connectivity index (χ0) is 21.8. The summed E-state index contributed by atoms with van der Waals surface area (Å²) in [5, 5.41) is 2.58. The Balaban J connectivity index is 2.21. The number of alkyl carbamates (subject to hydrolysis) is 1. The Hall–Kier alpha value is -2.71. The number of ether oxygens (including phenoxy) is 3. The molecule has 160 valence electrons. The van der Waals surface area contributed by atoms with Gasteiger partial charge in [0.2, 0.25) is 0 Å². The molecule has 1 aliphatic rings. The molecule has 1 fully saturated rings. The molecule has 1 heterocycles. The molecule has 1 N–H and O–H groups in total. The second-order valence-corrected chi connectivity index (χ2v) is 7.75. The van der Waals surface area contributed by atoms with E-state index in [0.29, 0.717) is 0 Å². The second kappa shape index (κ2) is 9.19. The molecule has 1 amide bonds. The highest BCUT2D eigenvalue weighted by Crippen LogP contribution is 2.27. The van der Waals surface area contributed by atoms with Gasteiger partial charge in [0.1, 0.15) is 23.3 Å². The van der Waals surface area contributed by atoms with Gasteiger partial charge in [0, 0.05) is 12.5 Å². The van der Waals surface area contributed by atoms with E-state index in [-0.39, 0.29) is 25.0 Å². The van der Waals surface area contributed by atoms with E-state index in [4.69, 9.17) is 14.2 Å². The molecule has 1 aliphatic heterocycles. The standard InChI is InChI=1S/C20H25F2NO6/c1-5-27-17(24)14-10-16(28-18(14)25)15(23-19(26)29-20(2,3)4)8-11-6-12(21)9-13(22)7-11/h6-7,9,14-16H,5,8,10H2,1-4H3,(H,23,26)/t14?,15?,16-/m0/s1. The van der Waals surface area contributed by atoms with E-state index in [1.54, 1.807) is 27.7 Å². The summed E-state index contributed by atoms with van der Waals surface area (Å²) in [5.74, 6) is -4.15. The van der Waals surface area contributed by atoms with Gasteiger partial charge in [0.05, 0.1) is 12.6 Å². The number of benzene rings is 1. The van der Waals surface area contributed by atoms with Crippen LogP contribution in [-0.4, -0.2) is 42.4 Å². The van der Waals surface area contributed by atoms with Crippen molar-refractivity contribution in [3.05, 3.63) is 35.4 Å². The van der Waals surface area contributed by atoms with Gasteiger partial charge < -0.3 is 19.5 Å². The van der Waals surface area contributed by atoms with Crippen LogP contribution in [-0.2, 0) is 30.2 Å². The van der Waals surface area contributed by atoms with E-state index >= 15 is 0 Å². The van der Waals surface area contributed by atoms with Crippen LogP contribution in [0.4, 0.5) is 13.6 Å². The topological polar surface area (TPSA) is 90.9 Å². The maximum Gasteiger partial charge on any atom is 0.408 e. The highest BCUT2D eigenvalue weighted by molar-refractivity contribution is 5.96. The summed E-state index contributed by atoms with van der Waals surface area (Å²) in [4.78, 5) is 36.3. The predicted molar refractivity (Wildman–Crippen MR) is 97.8 cm³/mol. The Morgan fingerprint density at radius 3 is 2.41 bits per heavy atom. The van der Waals surface area contributed by atoms with Gasteiger partial charge in [0.25, 0.3) is 0 Å². The number of halogens is 2. The SMILES string of the molecule is CCOC(=O)C1C[C@@H](C(Cc2cc(F)cc(F)c2)NC(=O)OC(C)(C)C)OC1=O. The van der Waals surface area contributed by atoms with Crippen LogP contribution in [0.1, 0.15) is 39.7 Å². The van der Waals surface area contributed by atoms with E-state index in [2.05, 4.69) is 5.32 Å². The number of carbonyl (C=O) groups is 3. The molecule has 7 nitrogen and oxygen atoms in total. The summed E-state index contributed by atoms with van der Waals surface area (Å²) in [6, 6.07) is 2.10. The van der Waals surface area contributed by atoms with Crippen molar-refractivity contribution in [2.24, 2.45) is 5.92 Å². The smallest absolute Gasteiger partial charge is 0.408 e. The minimum atomic E-state index is -1.12. The first-order chi connectivity index (χ1) is 13.5. The van der Waals surface area contributed by atoms with Crippen LogP contribution in [0, 0.1) is 17.6 Å². The maximum absolute atomic E-state index is 13.6. The molecule has 0 bridgehead atoms. The first-order valence-corrected chi connectivity index (χ1v) is 9.30. The van der Waals surface area contributed by atoms with Gasteiger partial charge in [-0.25, -0.2) is 13.6 Å². The fourth-order valence-corrected chi connectivity index (χ4v) is 3.01. The van der Waals surface area contributed by atoms with E-state index in [9.17, 15) is 23.2 Å². The molecule has 0 saturated carbocycles. The summed E-state index contributed by atoms with van der Waals surface area (Å²) in [6.07, 6.45) is -1.75. The number of rotatable bonds is 6. The Bertz CT molecular complexity index is 756. The van der Waals surface area contributed by atoms with Crippen molar-refractivity contribution >= 4 is 18.0 Å². The van der Waals surface area contributed by atoms with Crippen LogP contribution in [0.2, 0.25) is 0 Å². The summed E-state index contributed by atoms with van der Waals surface area (Å²) < 4.78 is 42.5. The lowest BCUT2D eigenvalue weighted by atomic mass is 9.95. The zero-order valence-electron chi connectivity index (χ0n) is 16.8. The molecule has 3 atom stereocenters. The Morgan fingerprint density at radius 1 is 1.24 bits per heavy atom. The highest BCUT2D eigenvalue weighted by Gasteiger charge is 2.44. The molecule has 0 radical (unpaired) electrons. The van der Waals surface area contributed by atoms with Crippen LogP contribution in [0.25, 0.3) is 0 Å². The average molecular weight is 413 g/mol. The van der Waals surface area contributed by atoms with Crippen molar-refractivity contribution in [2.75, 3.05) is 6.61 Å². The number of esters is 2. The van der Waals surface area contributed by atoms with Crippen LogP contribution < -0.4 is 5.32 Å². The molecule has 2 unspecified atom stereocenters. The normalized spacial score (nSPS) is 20.0. The van der Waals surface area contributed by atoms with Gasteiger partial charge in [-0.15, -0.1) is 0 Å². The molecule has 2 rings (SSSR count). The molecule has 1 aromatic rings. The van der Waals surface area contributed by atoms with Crippen LogP contribution in [0.5, 0.6) is 0 Å². The van der Waals surface area contributed by atoms with Gasteiger partial charge in [-0.3, -0.25) is 9.59 Å². The van der Waals surface area contributed by atoms with Crippen molar-refractivity contribution in [1.82, 2.24) is 5.32 Å². The summed E-state index contributed by atoms with van der Waals surface area (Å²) >= 11 is 0. The molecule has 0 spiro atoms. The third-order valence-corrected chi connectivity index (χ3v) is 4.12. The first-order valence-electron chi connectivity index (χ1n) is 9.30. The van der Waals surface area contributed by atoms with Crippen molar-refractivity contribution < 1.29 is 37.4 Å². The lowest BCUT2D eigenvalue weighted by Gasteiger charge is -2.26. The molecule has 29 heavy (non-hydrogen) atoms. The highest BCUT2D eigenvalue weighted by atomic mass is 19.1. The summed E-state index contributed by atoms with van der Waals surface area (Å²) in [5.41, 5.74) is -0.529. The Morgan fingerprint density at radius 2 is 1.86 bits per heavy atom. The van der Waals surface area contributed by atoms with E-state index < -0.39 is 53.3 Å². The van der Waals surface area contributed by atoms with Crippen LogP contribution >= 0.6 is 0 Å². The predicted octanol–water partition coefficient (Wildman–Crippen LogP) is 2.90. The van der Waals surface area contributed by atoms with Crippen molar-refractivity contribution in [3.8, 4) is 0 Å². The molecule has 0 aromatic heterocycles. The summed E-state index contributed by atoms with van der Waals surface area (Å²) in [6.45, 7) is 6.75. The van der Waals surface area contributed by atoms with Crippen molar-refractivity contribution in [1.29, 1.82) is 0 Å². The lowest BCUT2D eigenvalue weighted by molar-refractivity contribution is -0.156. The number of carbonyl (C=O) groups excluding carboxylic acids is 3. The quantitative estimate of drug-likeness (QED) is 0.438. The monoisotopic (exact) mass is 413 g/mol. The third-order valence-electron chi connectivity index (χ3n) is 4.12. The van der Waals surface area contributed by atoms with Gasteiger partial charge in [-0.05, 0) is 51.8 Å². The molecule has 1 saturated heterocycles. The van der Waals surface area contributed by atoms with Crippen LogP contribution in [0.3, 0.4) is 0 Å². The Labute approximate surface area is 167 Å². The van der Waals surface area contributed by atoms with Gasteiger partial charge in [0.15, 0.2) is 5.92 Å². The number of hydrogen-bond donors (Lipinski definition) is 1. The zero-order valence-corrected chi connectivity index (χ0v) is 16.8. The number of nitrogens with one attached hydrogen (secondary N) is 1. The Kier molecular flexibility index (Phi) is 7.16. The second-order valence-electron chi connectivity index (χ2n) is 7.75. The molecule has 9 heteroatoms. The minimum Gasteiger partial charge on any atom is -0.465 e. The summed E-state index contributed by atoms with van der Waals surface area (Å²) in [7, 11) is 0. The average Bonchev–Trinajstić information content (AvgIpc) is 2.93. The number of amides is 1. The van der Waals surface area contributed by atoms with E-state index in [1.165, 1.54) is 0 Å². The number of cyclic esters (lactones) is 1. The van der Waals surface area contributed by atoms with Gasteiger partial charge in [-0.1, -0.05) is 0 Å². The van der Waals surface area contributed by atoms with Crippen molar-refractivity contribution in [2.45, 2.75) is 58.3 Å². The minimum absolute atomic E-state index is 0.0318. The van der Waals surface area contributed by atoms with Crippen molar-refractivity contribution in [3.63, 3.8) is 0 Å². The molecule has 0 aliphatic carbocycles. The first kappa shape index (κ1) is 22.6. The molecular formula is C20H25F2NO6. The maximum atomic E-state index is 13.6. The van der Waals surface area contributed by atoms with Crippen LogP contribution in [0.15, 0.2) is 18.2 Å². The van der Waals surface area contributed by atoms with Gasteiger partial charge in [-0.2, -0.15) is 0 Å². The fraction of sp³-hybridized carbons (Fsp3) is 0.550. The van der Waals surface area contributed by atoms with Gasteiger partial charge >= 0.3 is 18.0 Å². The third kappa shape index (κ3) is 6.69. The molecular weight excluding hydrogens is 388 g/mol. The van der Waals surface area contributed by atoms with E-state index in [1.807, 2.05) is 0 Å². The lowest BCUT2D eigenvalue weighted by Crippen LogP contribution is -2.46. The number of hydrogen-bond acceptors (Lipinski definition) is 6.